The molecule has 1 saturated heterocycles. The van der Waals surface area contributed by atoms with E-state index in [9.17, 15) is 4.79 Å². The van der Waals surface area contributed by atoms with Gasteiger partial charge in [0.25, 0.3) is 0 Å². The third kappa shape index (κ3) is 2.33. The van der Waals surface area contributed by atoms with Gasteiger partial charge in [0.2, 0.25) is 0 Å². The number of ether oxygens (including phenoxy) is 1. The van der Waals surface area contributed by atoms with E-state index in [0.717, 1.165) is 37.2 Å². The van der Waals surface area contributed by atoms with E-state index in [0.29, 0.717) is 12.6 Å². The summed E-state index contributed by atoms with van der Waals surface area (Å²) in [6.45, 7) is 1.48. The summed E-state index contributed by atoms with van der Waals surface area (Å²) < 4.78 is 5.99. The summed E-state index contributed by atoms with van der Waals surface area (Å²) in [5.74, 6) is 0. The maximum Gasteiger partial charge on any atom is 0.319 e. The van der Waals surface area contributed by atoms with Crippen LogP contribution in [0.4, 0.5) is 16.2 Å². The van der Waals surface area contributed by atoms with Crippen LogP contribution in [-0.4, -0.2) is 30.8 Å². The third-order valence-corrected chi connectivity index (χ3v) is 5.31. The van der Waals surface area contributed by atoms with Crippen LogP contribution in [0.1, 0.15) is 37.7 Å². The number of hydrogen-bond donors (Lipinski definition) is 2. The van der Waals surface area contributed by atoms with Crippen LogP contribution in [0.15, 0.2) is 18.2 Å². The Balaban J connectivity index is 1.51. The predicted molar refractivity (Wildman–Crippen MR) is 86.3 cm³/mol. The van der Waals surface area contributed by atoms with Gasteiger partial charge in [-0.05, 0) is 56.2 Å². The average molecular weight is 301 g/mol. The Hall–Kier alpha value is -1.75. The summed E-state index contributed by atoms with van der Waals surface area (Å²) in [5.41, 5.74) is 8.88. The molecule has 0 aromatic heterocycles. The Morgan fingerprint density at radius 3 is 2.91 bits per heavy atom. The number of amides is 2. The van der Waals surface area contributed by atoms with Crippen molar-refractivity contribution in [2.45, 2.75) is 50.2 Å². The summed E-state index contributed by atoms with van der Waals surface area (Å²) in [7, 11) is 0. The molecule has 1 aromatic rings. The number of hydrogen-bond acceptors (Lipinski definition) is 3. The lowest BCUT2D eigenvalue weighted by Gasteiger charge is -2.37. The molecule has 0 bridgehead atoms. The van der Waals surface area contributed by atoms with Gasteiger partial charge in [0.1, 0.15) is 0 Å². The number of aryl methyl sites for hydroxylation is 1. The second kappa shape index (κ2) is 5.16. The van der Waals surface area contributed by atoms with E-state index in [1.165, 1.54) is 24.8 Å². The highest BCUT2D eigenvalue weighted by molar-refractivity contribution is 5.92. The number of urea groups is 1. The first kappa shape index (κ1) is 13.9. The second-order valence-electron chi connectivity index (χ2n) is 6.83. The average Bonchev–Trinajstić information content (AvgIpc) is 2.91. The van der Waals surface area contributed by atoms with Crippen molar-refractivity contribution in [1.29, 1.82) is 0 Å². The standard InChI is InChI=1S/C17H23N3O2/c18-16(21)20-8-1-3-12-4-5-13(9-15(12)20)19-14-10-17(22-11-14)6-2-7-17/h4-5,9,14,19H,1-3,6-8,10-11H2,(H2,18,21). The fraction of sp³-hybridized carbons (Fsp3) is 0.588. The number of benzene rings is 1. The van der Waals surface area contributed by atoms with Gasteiger partial charge in [0.15, 0.2) is 0 Å². The van der Waals surface area contributed by atoms with E-state index in [-0.39, 0.29) is 11.6 Å². The Bertz CT molecular complexity index is 598. The Morgan fingerprint density at radius 1 is 1.36 bits per heavy atom. The monoisotopic (exact) mass is 301 g/mol. The van der Waals surface area contributed by atoms with Gasteiger partial charge < -0.3 is 15.8 Å². The number of carbonyl (C=O) groups excluding carboxylic acids is 1. The van der Waals surface area contributed by atoms with Crippen LogP contribution in [0.2, 0.25) is 0 Å². The first-order chi connectivity index (χ1) is 10.7. The van der Waals surface area contributed by atoms with Crippen LogP contribution >= 0.6 is 0 Å². The highest BCUT2D eigenvalue weighted by atomic mass is 16.5. The first-order valence-electron chi connectivity index (χ1n) is 8.26. The first-order valence-corrected chi connectivity index (χ1v) is 8.26. The molecule has 1 aliphatic carbocycles. The topological polar surface area (TPSA) is 67.6 Å². The van der Waals surface area contributed by atoms with E-state index in [1.54, 1.807) is 4.90 Å². The number of fused-ring (bicyclic) bond motifs is 1. The summed E-state index contributed by atoms with van der Waals surface area (Å²) in [5, 5.41) is 3.57. The molecule has 1 unspecified atom stereocenters. The number of primary amides is 1. The highest BCUT2D eigenvalue weighted by Gasteiger charge is 2.45. The minimum Gasteiger partial charge on any atom is -0.380 e. The lowest BCUT2D eigenvalue weighted by molar-refractivity contribution is -0.0562. The highest BCUT2D eigenvalue weighted by Crippen LogP contribution is 2.44. The van der Waals surface area contributed by atoms with Gasteiger partial charge in [-0.2, -0.15) is 0 Å². The van der Waals surface area contributed by atoms with Gasteiger partial charge in [-0.3, -0.25) is 4.90 Å². The largest absolute Gasteiger partial charge is 0.380 e. The molecule has 1 atom stereocenters. The molecule has 2 aliphatic heterocycles. The number of anilines is 2. The van der Waals surface area contributed by atoms with Gasteiger partial charge in [0, 0.05) is 12.2 Å². The van der Waals surface area contributed by atoms with Crippen molar-refractivity contribution in [2.24, 2.45) is 5.73 Å². The number of nitrogens with two attached hydrogens (primary N) is 1. The third-order valence-electron chi connectivity index (χ3n) is 5.31. The number of carbonyl (C=O) groups is 1. The molecule has 2 heterocycles. The van der Waals surface area contributed by atoms with Crippen molar-refractivity contribution >= 4 is 17.4 Å². The minimum absolute atomic E-state index is 0.158. The fourth-order valence-electron chi connectivity index (χ4n) is 3.99. The normalized spacial score (nSPS) is 25.6. The van der Waals surface area contributed by atoms with E-state index in [4.69, 9.17) is 10.5 Å². The van der Waals surface area contributed by atoms with Gasteiger partial charge in [-0.1, -0.05) is 6.07 Å². The van der Waals surface area contributed by atoms with Crippen molar-refractivity contribution in [3.63, 3.8) is 0 Å². The smallest absolute Gasteiger partial charge is 0.319 e. The van der Waals surface area contributed by atoms with Crippen LogP contribution in [-0.2, 0) is 11.2 Å². The lowest BCUT2D eigenvalue weighted by Crippen LogP contribution is -2.39. The van der Waals surface area contributed by atoms with E-state index in [1.807, 2.05) is 0 Å². The van der Waals surface area contributed by atoms with Crippen molar-refractivity contribution in [3.05, 3.63) is 23.8 Å². The van der Waals surface area contributed by atoms with Crippen LogP contribution in [0, 0.1) is 0 Å². The quantitative estimate of drug-likeness (QED) is 0.882. The molecule has 118 valence electrons. The maximum atomic E-state index is 11.6. The van der Waals surface area contributed by atoms with Crippen molar-refractivity contribution in [3.8, 4) is 0 Å². The van der Waals surface area contributed by atoms with Crippen molar-refractivity contribution < 1.29 is 9.53 Å². The van der Waals surface area contributed by atoms with Gasteiger partial charge >= 0.3 is 6.03 Å². The molecule has 4 rings (SSSR count). The van der Waals surface area contributed by atoms with E-state index < -0.39 is 0 Å². The molecule has 22 heavy (non-hydrogen) atoms. The van der Waals surface area contributed by atoms with Gasteiger partial charge in [0.05, 0.1) is 23.9 Å². The molecule has 5 nitrogen and oxygen atoms in total. The van der Waals surface area contributed by atoms with Crippen molar-refractivity contribution in [1.82, 2.24) is 0 Å². The molecule has 1 saturated carbocycles. The summed E-state index contributed by atoms with van der Waals surface area (Å²) in [6, 6.07) is 6.28. The van der Waals surface area contributed by atoms with Crippen LogP contribution in [0.3, 0.4) is 0 Å². The summed E-state index contributed by atoms with van der Waals surface area (Å²) in [4.78, 5) is 13.3. The van der Waals surface area contributed by atoms with Gasteiger partial charge in [-0.15, -0.1) is 0 Å². The van der Waals surface area contributed by atoms with E-state index >= 15 is 0 Å². The molecular formula is C17H23N3O2. The molecule has 3 N–H and O–H groups in total. The second-order valence-corrected chi connectivity index (χ2v) is 6.83. The molecule has 5 heteroatoms. The molecule has 1 spiro atoms. The molecule has 1 aromatic carbocycles. The molecule has 2 fully saturated rings. The number of rotatable bonds is 2. The number of nitrogens with one attached hydrogen (secondary N) is 1. The molecule has 0 radical (unpaired) electrons. The van der Waals surface area contributed by atoms with Crippen LogP contribution in [0.5, 0.6) is 0 Å². The van der Waals surface area contributed by atoms with Crippen LogP contribution < -0.4 is 16.0 Å². The fourth-order valence-corrected chi connectivity index (χ4v) is 3.99. The summed E-state index contributed by atoms with van der Waals surface area (Å²) in [6.07, 6.45) is 6.76. The van der Waals surface area contributed by atoms with E-state index in [2.05, 4.69) is 23.5 Å². The van der Waals surface area contributed by atoms with Crippen LogP contribution in [0.25, 0.3) is 0 Å². The molecular weight excluding hydrogens is 278 g/mol. The molecule has 3 aliphatic rings. The predicted octanol–water partition coefficient (Wildman–Crippen LogP) is 2.64. The SMILES string of the molecule is NC(=O)N1CCCc2ccc(NC3COC4(CCC4)C3)cc21. The lowest BCUT2D eigenvalue weighted by atomic mass is 9.77. The summed E-state index contributed by atoms with van der Waals surface area (Å²) >= 11 is 0. The number of nitrogens with zero attached hydrogens (tertiary/aromatic N) is 1. The van der Waals surface area contributed by atoms with Gasteiger partial charge in [-0.25, -0.2) is 4.79 Å². The Morgan fingerprint density at radius 2 is 2.23 bits per heavy atom. The minimum atomic E-state index is -0.365. The molecule has 2 amide bonds. The Labute approximate surface area is 130 Å². The maximum absolute atomic E-state index is 11.6. The Kier molecular flexibility index (Phi) is 3.26. The van der Waals surface area contributed by atoms with Crippen molar-refractivity contribution in [2.75, 3.05) is 23.4 Å². The zero-order valence-electron chi connectivity index (χ0n) is 12.8. The zero-order chi connectivity index (χ0) is 15.2. The zero-order valence-corrected chi connectivity index (χ0v) is 12.8.